The van der Waals surface area contributed by atoms with E-state index < -0.39 is 0 Å². The monoisotopic (exact) mass is 372 g/mol. The molecule has 0 unspecified atom stereocenters. The lowest BCUT2D eigenvalue weighted by molar-refractivity contribution is 0.0493. The number of hydrogen-bond acceptors (Lipinski definition) is 3. The molecular formula is C24H24N2O2. The van der Waals surface area contributed by atoms with Crippen LogP contribution in [0.4, 0.5) is 0 Å². The van der Waals surface area contributed by atoms with Gasteiger partial charge in [0.05, 0.1) is 17.8 Å². The zero-order valence-electron chi connectivity index (χ0n) is 16.3. The van der Waals surface area contributed by atoms with E-state index >= 15 is 0 Å². The molecule has 0 atom stereocenters. The molecule has 4 heteroatoms. The molecule has 4 nitrogen and oxygen atoms in total. The van der Waals surface area contributed by atoms with Crippen molar-refractivity contribution in [3.8, 4) is 0 Å². The Labute approximate surface area is 164 Å². The predicted octanol–water partition coefficient (Wildman–Crippen LogP) is 5.50. The number of benzene rings is 2. The van der Waals surface area contributed by atoms with Crippen molar-refractivity contribution in [1.29, 1.82) is 0 Å². The zero-order valence-corrected chi connectivity index (χ0v) is 16.3. The molecule has 0 amide bonds. The molecular weight excluding hydrogens is 348 g/mol. The largest absolute Gasteiger partial charge is 0.461 e. The van der Waals surface area contributed by atoms with Crippen LogP contribution in [0.15, 0.2) is 60.7 Å². The second-order valence-electron chi connectivity index (χ2n) is 7.07. The van der Waals surface area contributed by atoms with Gasteiger partial charge in [-0.2, -0.15) is 0 Å². The lowest BCUT2D eigenvalue weighted by atomic mass is 10.1. The van der Waals surface area contributed by atoms with Crippen LogP contribution in [-0.4, -0.2) is 22.1 Å². The number of hydrogen-bond donors (Lipinski definition) is 0. The van der Waals surface area contributed by atoms with Gasteiger partial charge < -0.3 is 9.30 Å². The molecule has 0 N–H and O–H groups in total. The van der Waals surface area contributed by atoms with Gasteiger partial charge in [-0.1, -0.05) is 61.9 Å². The summed E-state index contributed by atoms with van der Waals surface area (Å²) in [6.07, 6.45) is 1.86. The summed E-state index contributed by atoms with van der Waals surface area (Å²) >= 11 is 0. The van der Waals surface area contributed by atoms with Gasteiger partial charge in [0.15, 0.2) is 0 Å². The Hall–Kier alpha value is -3.14. The normalized spacial score (nSPS) is 11.2. The van der Waals surface area contributed by atoms with E-state index in [4.69, 9.17) is 4.74 Å². The van der Waals surface area contributed by atoms with Crippen LogP contribution in [-0.2, 0) is 11.3 Å². The second-order valence-corrected chi connectivity index (χ2v) is 7.07. The maximum atomic E-state index is 12.5. The second kappa shape index (κ2) is 7.85. The van der Waals surface area contributed by atoms with Crippen molar-refractivity contribution in [3.05, 3.63) is 77.6 Å². The van der Waals surface area contributed by atoms with Gasteiger partial charge in [0.25, 0.3) is 0 Å². The molecule has 142 valence electrons. The van der Waals surface area contributed by atoms with Crippen molar-refractivity contribution >= 4 is 27.8 Å². The molecule has 0 saturated carbocycles. The Morgan fingerprint density at radius 2 is 1.79 bits per heavy atom. The van der Waals surface area contributed by atoms with Gasteiger partial charge in [0, 0.05) is 22.8 Å². The van der Waals surface area contributed by atoms with Crippen LogP contribution in [0.2, 0.25) is 0 Å². The molecule has 28 heavy (non-hydrogen) atoms. The van der Waals surface area contributed by atoms with Crippen molar-refractivity contribution in [3.63, 3.8) is 0 Å². The predicted molar refractivity (Wildman–Crippen MR) is 113 cm³/mol. The van der Waals surface area contributed by atoms with Crippen LogP contribution in [0.5, 0.6) is 0 Å². The van der Waals surface area contributed by atoms with Crippen molar-refractivity contribution in [2.45, 2.75) is 33.2 Å². The zero-order chi connectivity index (χ0) is 19.5. The molecule has 0 fully saturated rings. The minimum atomic E-state index is -0.349. The smallest absolute Gasteiger partial charge is 0.356 e. The van der Waals surface area contributed by atoms with Crippen LogP contribution >= 0.6 is 0 Å². The molecule has 2 aromatic carbocycles. The highest BCUT2D eigenvalue weighted by Gasteiger charge is 2.18. The number of aryl methyl sites for hydroxylation is 1. The molecule has 0 spiro atoms. The average Bonchev–Trinajstić information content (AvgIpc) is 3.03. The Morgan fingerprint density at radius 1 is 1.04 bits per heavy atom. The topological polar surface area (TPSA) is 44.1 Å². The fraction of sp³-hybridized carbons (Fsp3) is 0.250. The lowest BCUT2D eigenvalue weighted by Crippen LogP contribution is -2.10. The van der Waals surface area contributed by atoms with Gasteiger partial charge in [-0.25, -0.2) is 9.78 Å². The number of esters is 1. The van der Waals surface area contributed by atoms with Crippen molar-refractivity contribution in [2.24, 2.45) is 0 Å². The third-order valence-electron chi connectivity index (χ3n) is 5.05. The maximum absolute atomic E-state index is 12.5. The quantitative estimate of drug-likeness (QED) is 0.331. The van der Waals surface area contributed by atoms with E-state index in [-0.39, 0.29) is 5.97 Å². The summed E-state index contributed by atoms with van der Waals surface area (Å²) < 4.78 is 7.66. The van der Waals surface area contributed by atoms with E-state index in [0.717, 1.165) is 46.9 Å². The number of carbonyl (C=O) groups excluding carboxylic acids is 1. The summed E-state index contributed by atoms with van der Waals surface area (Å²) in [4.78, 5) is 17.0. The van der Waals surface area contributed by atoms with Crippen LogP contribution in [0.1, 0.15) is 41.5 Å². The Balaban J connectivity index is 1.84. The van der Waals surface area contributed by atoms with Gasteiger partial charge in [-0.05, 0) is 31.0 Å². The van der Waals surface area contributed by atoms with Gasteiger partial charge >= 0.3 is 5.97 Å². The van der Waals surface area contributed by atoms with E-state index in [1.807, 2.05) is 31.2 Å². The molecule has 0 saturated heterocycles. The number of nitrogens with zero attached hydrogens (tertiary/aromatic N) is 2. The number of aromatic nitrogens is 2. The van der Waals surface area contributed by atoms with Crippen molar-refractivity contribution in [1.82, 2.24) is 9.55 Å². The van der Waals surface area contributed by atoms with Gasteiger partial charge in [0.1, 0.15) is 5.69 Å². The fourth-order valence-electron chi connectivity index (χ4n) is 3.69. The Bertz CT molecular complexity index is 1130. The molecule has 2 aromatic heterocycles. The van der Waals surface area contributed by atoms with Crippen molar-refractivity contribution < 1.29 is 9.53 Å². The number of ether oxygens (including phenoxy) is 1. The standard InChI is InChI=1S/C24H24N2O2/c1-3-4-14-28-24(27)21-15-20-19-12-8-9-13-22(19)26(23(20)17(2)25-21)16-18-10-6-5-7-11-18/h5-13,15H,3-4,14,16H2,1-2H3. The highest BCUT2D eigenvalue weighted by Crippen LogP contribution is 2.31. The van der Waals surface area contributed by atoms with E-state index in [1.54, 1.807) is 0 Å². The summed E-state index contributed by atoms with van der Waals surface area (Å²) in [7, 11) is 0. The first-order valence-corrected chi connectivity index (χ1v) is 9.78. The molecule has 0 aliphatic rings. The number of unbranched alkanes of at least 4 members (excludes halogenated alkanes) is 1. The van der Waals surface area contributed by atoms with Gasteiger partial charge in [-0.3, -0.25) is 0 Å². The number of rotatable bonds is 6. The molecule has 4 aromatic rings. The van der Waals surface area contributed by atoms with E-state index in [0.29, 0.717) is 12.3 Å². The summed E-state index contributed by atoms with van der Waals surface area (Å²) in [5.74, 6) is -0.349. The molecule has 0 aliphatic carbocycles. The Morgan fingerprint density at radius 3 is 2.57 bits per heavy atom. The molecule has 0 radical (unpaired) electrons. The lowest BCUT2D eigenvalue weighted by Gasteiger charge is -2.10. The number of fused-ring (bicyclic) bond motifs is 3. The third-order valence-corrected chi connectivity index (χ3v) is 5.05. The number of pyridine rings is 1. The number of carbonyl (C=O) groups is 1. The van der Waals surface area contributed by atoms with Gasteiger partial charge in [0.2, 0.25) is 0 Å². The van der Waals surface area contributed by atoms with Gasteiger partial charge in [-0.15, -0.1) is 0 Å². The van der Waals surface area contributed by atoms with Crippen molar-refractivity contribution in [2.75, 3.05) is 6.61 Å². The summed E-state index contributed by atoms with van der Waals surface area (Å²) in [5.41, 5.74) is 4.65. The fourth-order valence-corrected chi connectivity index (χ4v) is 3.69. The summed E-state index contributed by atoms with van der Waals surface area (Å²) in [5, 5.41) is 2.17. The minimum Gasteiger partial charge on any atom is -0.461 e. The number of para-hydroxylation sites is 1. The average molecular weight is 372 g/mol. The van der Waals surface area contributed by atoms with Crippen LogP contribution < -0.4 is 0 Å². The molecule has 0 aliphatic heterocycles. The first-order valence-electron chi connectivity index (χ1n) is 9.78. The minimum absolute atomic E-state index is 0.349. The van der Waals surface area contributed by atoms with E-state index in [2.05, 4.69) is 52.9 Å². The first-order chi connectivity index (χ1) is 13.7. The highest BCUT2D eigenvalue weighted by molar-refractivity contribution is 6.10. The SMILES string of the molecule is CCCCOC(=O)c1cc2c3ccccc3n(Cc3ccccc3)c2c(C)n1. The molecule has 4 rings (SSSR count). The van der Waals surface area contributed by atoms with Crippen LogP contribution in [0, 0.1) is 6.92 Å². The van der Waals surface area contributed by atoms with Crippen LogP contribution in [0.25, 0.3) is 21.8 Å². The Kier molecular flexibility index (Phi) is 5.11. The summed E-state index contributed by atoms with van der Waals surface area (Å²) in [6.45, 7) is 5.23. The van der Waals surface area contributed by atoms with Crippen LogP contribution in [0.3, 0.4) is 0 Å². The summed E-state index contributed by atoms with van der Waals surface area (Å²) in [6, 6.07) is 20.6. The highest BCUT2D eigenvalue weighted by atomic mass is 16.5. The van der Waals surface area contributed by atoms with E-state index in [1.165, 1.54) is 5.56 Å². The third kappa shape index (κ3) is 3.38. The molecule has 0 bridgehead atoms. The van der Waals surface area contributed by atoms with E-state index in [9.17, 15) is 4.79 Å². The maximum Gasteiger partial charge on any atom is 0.356 e. The molecule has 2 heterocycles. The first kappa shape index (κ1) is 18.2.